The molecule has 0 radical (unpaired) electrons. The van der Waals surface area contributed by atoms with Crippen molar-refractivity contribution >= 4 is 44.5 Å². The number of nitrogen functional groups attached to an aromatic ring is 2. The molecule has 1 aromatic heterocycles. The van der Waals surface area contributed by atoms with Gasteiger partial charge in [-0.25, -0.2) is 35.1 Å². The zero-order valence-electron chi connectivity index (χ0n) is 23.3. The number of hydrogen-bond donors (Lipinski definition) is 4. The van der Waals surface area contributed by atoms with Crippen LogP contribution in [-0.2, 0) is 0 Å². The van der Waals surface area contributed by atoms with E-state index in [2.05, 4.69) is 29.5 Å². The van der Waals surface area contributed by atoms with Gasteiger partial charge in [-0.1, -0.05) is 24.3 Å². The Kier molecular flexibility index (Phi) is 14.4. The minimum absolute atomic E-state index is 0.0110. The number of nitrogens with two attached hydrogens (primary N) is 3. The molecule has 0 aliphatic heterocycles. The van der Waals surface area contributed by atoms with Crippen molar-refractivity contribution in [3.05, 3.63) is 136 Å². The fourth-order valence-corrected chi connectivity index (χ4v) is 3.81. The van der Waals surface area contributed by atoms with Gasteiger partial charge in [0.05, 0.1) is 32.8 Å². The van der Waals surface area contributed by atoms with Crippen molar-refractivity contribution in [2.75, 3.05) is 5.73 Å². The molecule has 47 heavy (non-hydrogen) atoms. The summed E-state index contributed by atoms with van der Waals surface area (Å²) in [6.45, 7) is 0. The Balaban J connectivity index is 0.000000220. The molecule has 4 aromatic carbocycles. The van der Waals surface area contributed by atoms with E-state index in [9.17, 15) is 35.1 Å². The molecule has 5 rings (SSSR count). The average Bonchev–Trinajstić information content (AvgIpc) is 3.43. The van der Waals surface area contributed by atoms with E-state index in [0.29, 0.717) is 0 Å². The number of halogens is 9. The molecule has 0 aliphatic carbocycles. The van der Waals surface area contributed by atoms with Crippen LogP contribution in [0.1, 0.15) is 16.7 Å². The van der Waals surface area contributed by atoms with Crippen molar-refractivity contribution in [3.8, 4) is 17.5 Å². The third-order valence-corrected chi connectivity index (χ3v) is 6.17. The lowest BCUT2D eigenvalue weighted by molar-refractivity contribution is 0.576. The summed E-state index contributed by atoms with van der Waals surface area (Å²) in [4.78, 5) is 3.71. The first-order valence-electron chi connectivity index (χ1n) is 12.3. The van der Waals surface area contributed by atoms with Crippen molar-refractivity contribution < 1.29 is 35.1 Å². The summed E-state index contributed by atoms with van der Waals surface area (Å²) in [5.41, 5.74) is 13.9. The van der Waals surface area contributed by atoms with Crippen LogP contribution in [-0.4, -0.2) is 21.0 Å². The molecule has 0 aliphatic rings. The Morgan fingerprint density at radius 1 is 0.702 bits per heavy atom. The van der Waals surface area contributed by atoms with Crippen LogP contribution in [0, 0.1) is 63.3 Å². The van der Waals surface area contributed by atoms with Gasteiger partial charge >= 0.3 is 0 Å². The summed E-state index contributed by atoms with van der Waals surface area (Å²) >= 11 is 3.55. The van der Waals surface area contributed by atoms with Crippen LogP contribution in [0.15, 0.2) is 76.8 Å². The predicted octanol–water partition coefficient (Wildman–Crippen LogP) is 7.13. The van der Waals surface area contributed by atoms with Gasteiger partial charge in [0.2, 0.25) is 0 Å². The molecule has 0 bridgehead atoms. The fraction of sp³-hybridized carbons (Fsp3) is 0. The third kappa shape index (κ3) is 10.6. The normalized spacial score (nSPS) is 10.3. The molecule has 244 valence electrons. The largest absolute Gasteiger partial charge is 0.384 e. The number of amidine groups is 2. The number of hydrogen-bond acceptors (Lipinski definition) is 7. The third-order valence-electron chi connectivity index (χ3n) is 5.24. The second kappa shape index (κ2) is 17.9. The van der Waals surface area contributed by atoms with Gasteiger partial charge in [0.25, 0.3) is 0 Å². The summed E-state index contributed by atoms with van der Waals surface area (Å²) in [7, 11) is 0. The number of anilines is 1. The van der Waals surface area contributed by atoms with Crippen LogP contribution in [0.25, 0.3) is 11.4 Å². The Morgan fingerprint density at radius 2 is 1.09 bits per heavy atom. The Hall–Kier alpha value is -5.41. The van der Waals surface area contributed by atoms with Crippen LogP contribution in [0.2, 0.25) is 0 Å². The Bertz CT molecular complexity index is 1850. The van der Waals surface area contributed by atoms with E-state index in [0.717, 1.165) is 60.1 Å². The topological polar surface area (TPSA) is 164 Å². The van der Waals surface area contributed by atoms with Gasteiger partial charge in [-0.05, 0) is 48.5 Å². The molecule has 5 aromatic rings. The molecule has 0 amide bonds. The van der Waals surface area contributed by atoms with Crippen LogP contribution >= 0.6 is 27.7 Å². The summed E-state index contributed by atoms with van der Waals surface area (Å²) in [5.74, 6) is -6.91. The van der Waals surface area contributed by atoms with E-state index < -0.39 is 63.5 Å². The van der Waals surface area contributed by atoms with E-state index in [1.54, 1.807) is 0 Å². The maximum Gasteiger partial charge on any atom is 0.200 e. The maximum atomic E-state index is 13.2. The van der Waals surface area contributed by atoms with Gasteiger partial charge in [-0.3, -0.25) is 5.41 Å². The molecular weight excluding hydrogens is 724 g/mol. The van der Waals surface area contributed by atoms with E-state index in [-0.39, 0.29) is 27.9 Å². The van der Waals surface area contributed by atoms with Crippen LogP contribution < -0.4 is 17.2 Å². The van der Waals surface area contributed by atoms with Crippen molar-refractivity contribution in [3.63, 3.8) is 0 Å². The van der Waals surface area contributed by atoms with Gasteiger partial charge in [0.15, 0.2) is 11.0 Å². The van der Waals surface area contributed by atoms with Gasteiger partial charge < -0.3 is 17.2 Å². The molecule has 18 heteroatoms. The lowest BCUT2D eigenvalue weighted by Crippen LogP contribution is -2.16. The molecule has 0 saturated carbocycles. The zero-order valence-corrected chi connectivity index (χ0v) is 25.7. The first-order chi connectivity index (χ1) is 22.2. The highest BCUT2D eigenvalue weighted by Crippen LogP contribution is 2.25. The van der Waals surface area contributed by atoms with Crippen molar-refractivity contribution in [1.29, 1.82) is 10.7 Å². The highest BCUT2D eigenvalue weighted by molar-refractivity contribution is 9.08. The number of benzene rings is 4. The van der Waals surface area contributed by atoms with Crippen LogP contribution in [0.3, 0.4) is 0 Å². The molecule has 0 atom stereocenters. The smallest absolute Gasteiger partial charge is 0.200 e. The molecule has 8 nitrogen and oxygen atoms in total. The number of rotatable bonds is 3. The fourth-order valence-electron chi connectivity index (χ4n) is 3.19. The minimum atomic E-state index is -0.817. The van der Waals surface area contributed by atoms with Crippen molar-refractivity contribution in [1.82, 2.24) is 9.36 Å². The minimum Gasteiger partial charge on any atom is -0.384 e. The standard InChI is InChI=1S/C8H5F2N3S.C7H5BrF2N2.C7H6F2N2.C7H3F2N/c9-4-2-1-3-5(10)6(4)7-12-8(11)14-13-7;8-12-7(11)6-4(9)2-1-3-5(6)10;8-4-2-1-3-5(9)6(4)7(10)11;8-6-2-1-3-7(9)5(6)4-10/h1-3H,(H2,11,12,13);1-3H,(H2,11,12);1-3H,(H3,10,11);1-3H. The number of nitrogens with one attached hydrogen (secondary N) is 1. The molecular formula is C29H19BrF8N8S. The summed E-state index contributed by atoms with van der Waals surface area (Å²) < 4.78 is 109. The first kappa shape index (κ1) is 37.8. The SMILES string of the molecule is N#Cc1c(F)cccc1F.N=C(N)c1c(F)cccc1F.NC(=NBr)c1c(F)cccc1F.Nc1nc(-c2c(F)cccc2F)ns1. The van der Waals surface area contributed by atoms with E-state index in [4.69, 9.17) is 27.9 Å². The molecule has 0 fully saturated rings. The molecule has 0 saturated heterocycles. The second-order valence-corrected chi connectivity index (χ2v) is 9.48. The van der Waals surface area contributed by atoms with Crippen LogP contribution in [0.4, 0.5) is 40.3 Å². The van der Waals surface area contributed by atoms with E-state index >= 15 is 0 Å². The highest BCUT2D eigenvalue weighted by atomic mass is 79.9. The van der Waals surface area contributed by atoms with Gasteiger partial charge in [-0.2, -0.15) is 18.6 Å². The average molecular weight is 743 g/mol. The number of nitrogens with zero attached hydrogens (tertiary/aromatic N) is 4. The highest BCUT2D eigenvalue weighted by Gasteiger charge is 2.15. The van der Waals surface area contributed by atoms with E-state index in [1.165, 1.54) is 30.3 Å². The quantitative estimate of drug-likeness (QED) is 0.0873. The lowest BCUT2D eigenvalue weighted by atomic mass is 10.2. The monoisotopic (exact) mass is 742 g/mol. The maximum absolute atomic E-state index is 13.2. The Morgan fingerprint density at radius 3 is 1.38 bits per heavy atom. The second-order valence-electron chi connectivity index (χ2n) is 8.34. The van der Waals surface area contributed by atoms with Gasteiger partial charge in [0, 0.05) is 11.5 Å². The van der Waals surface area contributed by atoms with Gasteiger partial charge in [-0.15, -0.1) is 0 Å². The Labute approximate surface area is 273 Å². The molecule has 7 N–H and O–H groups in total. The van der Waals surface area contributed by atoms with Crippen molar-refractivity contribution in [2.24, 2.45) is 15.5 Å². The van der Waals surface area contributed by atoms with Crippen LogP contribution in [0.5, 0.6) is 0 Å². The zero-order chi connectivity index (χ0) is 35.3. The van der Waals surface area contributed by atoms with Gasteiger partial charge in [0.1, 0.15) is 69.8 Å². The summed E-state index contributed by atoms with van der Waals surface area (Å²) in [6.07, 6.45) is 0. The molecule has 0 spiro atoms. The summed E-state index contributed by atoms with van der Waals surface area (Å²) in [6, 6.07) is 15.1. The molecule has 0 unspecified atom stereocenters. The van der Waals surface area contributed by atoms with E-state index in [1.807, 2.05) is 0 Å². The van der Waals surface area contributed by atoms with Crippen molar-refractivity contribution in [2.45, 2.75) is 0 Å². The first-order valence-corrected chi connectivity index (χ1v) is 13.8. The number of nitriles is 1. The molecule has 1 heterocycles. The summed E-state index contributed by atoms with van der Waals surface area (Å²) in [5, 5.41) is 15.2. The predicted molar refractivity (Wildman–Crippen MR) is 164 cm³/mol. The number of aromatic nitrogens is 2. The lowest BCUT2D eigenvalue weighted by Gasteiger charge is -2.01.